The van der Waals surface area contributed by atoms with Gasteiger partial charge in [0.05, 0.1) is 11.2 Å². The average Bonchev–Trinajstić information content (AvgIpc) is 3.37. The van der Waals surface area contributed by atoms with E-state index in [1.165, 1.54) is 25.6 Å². The Morgan fingerprint density at radius 2 is 1.41 bits per heavy atom. The molecule has 8 rings (SSSR count). The number of benzene rings is 4. The highest BCUT2D eigenvalue weighted by molar-refractivity contribution is 7.25. The smallest absolute Gasteiger partial charge is 0.456 e. The molecule has 0 saturated carbocycles. The van der Waals surface area contributed by atoms with Gasteiger partial charge >= 0.3 is 7.12 Å². The Labute approximate surface area is 199 Å². The van der Waals surface area contributed by atoms with E-state index in [9.17, 15) is 0 Å². The maximum atomic E-state index is 6.54. The third-order valence-electron chi connectivity index (χ3n) is 7.90. The topological polar surface area (TPSA) is 44.7 Å². The summed E-state index contributed by atoms with van der Waals surface area (Å²) < 4.78 is 28.2. The van der Waals surface area contributed by atoms with E-state index in [0.717, 1.165) is 44.0 Å². The maximum Gasteiger partial charge on any atom is 0.498 e. The van der Waals surface area contributed by atoms with Crippen molar-refractivity contribution >= 4 is 88.0 Å². The molecule has 0 radical (unpaired) electrons. The van der Waals surface area contributed by atoms with Gasteiger partial charge < -0.3 is 18.1 Å². The summed E-state index contributed by atoms with van der Waals surface area (Å²) in [4.78, 5) is 0. The number of hydrogen-bond donors (Lipinski definition) is 0. The van der Waals surface area contributed by atoms with Crippen molar-refractivity contribution in [2.45, 2.75) is 38.9 Å². The molecule has 0 bridgehead atoms. The van der Waals surface area contributed by atoms with Gasteiger partial charge in [-0.25, -0.2) is 0 Å². The second-order valence-electron chi connectivity index (χ2n) is 10.4. The van der Waals surface area contributed by atoms with E-state index in [4.69, 9.17) is 18.1 Å². The monoisotopic (exact) mass is 464 g/mol. The van der Waals surface area contributed by atoms with Gasteiger partial charge in [-0.1, -0.05) is 30.3 Å². The van der Waals surface area contributed by atoms with Crippen molar-refractivity contribution in [3.05, 3.63) is 54.6 Å². The molecule has 4 nitrogen and oxygen atoms in total. The van der Waals surface area contributed by atoms with E-state index in [2.05, 4.69) is 70.2 Å². The molecule has 1 aliphatic rings. The van der Waals surface area contributed by atoms with Crippen LogP contribution in [0, 0.1) is 0 Å². The Morgan fingerprint density at radius 1 is 0.706 bits per heavy atom. The first-order valence-electron chi connectivity index (χ1n) is 11.6. The van der Waals surface area contributed by atoms with Crippen LogP contribution < -0.4 is 5.46 Å². The summed E-state index contributed by atoms with van der Waals surface area (Å²) >= 11 is 1.79. The lowest BCUT2D eigenvalue weighted by molar-refractivity contribution is 0.00578. The van der Waals surface area contributed by atoms with Gasteiger partial charge in [0, 0.05) is 36.4 Å². The molecular weight excluding hydrogens is 443 g/mol. The van der Waals surface area contributed by atoms with Crippen molar-refractivity contribution in [2.24, 2.45) is 0 Å². The summed E-state index contributed by atoms with van der Waals surface area (Å²) in [6.07, 6.45) is 0. The van der Waals surface area contributed by atoms with Gasteiger partial charge in [0.1, 0.15) is 22.3 Å². The predicted molar refractivity (Wildman–Crippen MR) is 141 cm³/mol. The first-order valence-corrected chi connectivity index (χ1v) is 12.4. The molecule has 7 aromatic rings. The average molecular weight is 464 g/mol. The van der Waals surface area contributed by atoms with Gasteiger partial charge in [-0.15, -0.1) is 11.3 Å². The zero-order chi connectivity index (χ0) is 23.0. The largest absolute Gasteiger partial charge is 0.498 e. The van der Waals surface area contributed by atoms with E-state index < -0.39 is 18.3 Å². The van der Waals surface area contributed by atoms with E-state index in [1.807, 2.05) is 12.1 Å². The minimum Gasteiger partial charge on any atom is -0.456 e. The van der Waals surface area contributed by atoms with Crippen LogP contribution in [0.4, 0.5) is 0 Å². The molecule has 166 valence electrons. The van der Waals surface area contributed by atoms with Crippen LogP contribution in [0.2, 0.25) is 0 Å². The second-order valence-corrected chi connectivity index (χ2v) is 11.4. The fourth-order valence-corrected chi connectivity index (χ4v) is 6.70. The van der Waals surface area contributed by atoms with Gasteiger partial charge in [0.15, 0.2) is 0 Å². The van der Waals surface area contributed by atoms with Crippen molar-refractivity contribution in [1.82, 2.24) is 0 Å². The molecule has 34 heavy (non-hydrogen) atoms. The van der Waals surface area contributed by atoms with Gasteiger partial charge in [0.25, 0.3) is 0 Å². The van der Waals surface area contributed by atoms with Gasteiger partial charge in [-0.3, -0.25) is 0 Å². The minimum absolute atomic E-state index is 0.420. The molecule has 0 amide bonds. The standard InChI is InChI=1S/C28H21BO4S/c1-27(2)28(3,4)33-29(32-27)16-9-12-20-24-22-18(31-25(16)24)11-10-17-21(22)23-19(30-17)13-14-7-5-6-8-15(14)26(23)34-20/h5-13H,1-4H3. The maximum absolute atomic E-state index is 6.54. The van der Waals surface area contributed by atoms with Crippen LogP contribution in [-0.4, -0.2) is 18.3 Å². The highest BCUT2D eigenvalue weighted by Crippen LogP contribution is 2.48. The van der Waals surface area contributed by atoms with E-state index in [0.29, 0.717) is 0 Å². The molecule has 0 spiro atoms. The Balaban J connectivity index is 1.56. The SMILES string of the molecule is CC1(C)OB(c2ccc3sc4c5ccccc5cc5oc6ccc7oc2c3c7c6c54)OC1(C)C. The Morgan fingerprint density at radius 3 is 2.21 bits per heavy atom. The zero-order valence-electron chi connectivity index (χ0n) is 19.3. The fourth-order valence-electron chi connectivity index (χ4n) is 5.45. The van der Waals surface area contributed by atoms with Crippen LogP contribution in [-0.2, 0) is 9.31 Å². The Kier molecular flexibility index (Phi) is 3.37. The second kappa shape index (κ2) is 5.95. The lowest BCUT2D eigenvalue weighted by atomic mass is 9.78. The lowest BCUT2D eigenvalue weighted by Gasteiger charge is -2.32. The van der Waals surface area contributed by atoms with Crippen LogP contribution in [0.15, 0.2) is 63.4 Å². The molecule has 1 saturated heterocycles. The first kappa shape index (κ1) is 19.3. The molecule has 3 aromatic heterocycles. The van der Waals surface area contributed by atoms with E-state index in [1.54, 1.807) is 11.3 Å². The number of hydrogen-bond acceptors (Lipinski definition) is 5. The molecule has 0 N–H and O–H groups in total. The zero-order valence-corrected chi connectivity index (χ0v) is 20.1. The molecule has 0 aliphatic carbocycles. The lowest BCUT2D eigenvalue weighted by Crippen LogP contribution is -2.41. The number of furan rings is 2. The molecule has 0 unspecified atom stereocenters. The molecule has 6 heteroatoms. The van der Waals surface area contributed by atoms with Crippen molar-refractivity contribution in [3.8, 4) is 0 Å². The molecule has 1 fully saturated rings. The highest BCUT2D eigenvalue weighted by atomic mass is 32.1. The summed E-state index contributed by atoms with van der Waals surface area (Å²) in [6, 6.07) is 19.0. The summed E-state index contributed by atoms with van der Waals surface area (Å²) in [7, 11) is -0.490. The van der Waals surface area contributed by atoms with Crippen LogP contribution in [0.5, 0.6) is 0 Å². The summed E-state index contributed by atoms with van der Waals surface area (Å²) in [5.41, 5.74) is 3.58. The Bertz CT molecular complexity index is 1920. The number of rotatable bonds is 1. The molecular formula is C28H21BO4S. The molecule has 0 atom stereocenters. The summed E-state index contributed by atoms with van der Waals surface area (Å²) in [5, 5.41) is 6.95. The predicted octanol–water partition coefficient (Wildman–Crippen LogP) is 7.59. The quantitative estimate of drug-likeness (QED) is 0.235. The van der Waals surface area contributed by atoms with Crippen LogP contribution in [0.1, 0.15) is 27.7 Å². The highest BCUT2D eigenvalue weighted by Gasteiger charge is 2.52. The van der Waals surface area contributed by atoms with Crippen LogP contribution in [0.25, 0.3) is 64.0 Å². The molecule has 1 aliphatic heterocycles. The van der Waals surface area contributed by atoms with Gasteiger partial charge in [0.2, 0.25) is 0 Å². The normalized spacial score (nSPS) is 18.2. The van der Waals surface area contributed by atoms with Crippen molar-refractivity contribution in [2.75, 3.05) is 0 Å². The minimum atomic E-state index is -0.490. The summed E-state index contributed by atoms with van der Waals surface area (Å²) in [5.74, 6) is 0. The van der Waals surface area contributed by atoms with Crippen molar-refractivity contribution < 1.29 is 18.1 Å². The van der Waals surface area contributed by atoms with Crippen LogP contribution in [0.3, 0.4) is 0 Å². The number of fused-ring (bicyclic) bond motifs is 2. The third kappa shape index (κ3) is 2.22. The van der Waals surface area contributed by atoms with E-state index >= 15 is 0 Å². The molecule has 4 aromatic carbocycles. The van der Waals surface area contributed by atoms with Gasteiger partial charge in [-0.05, 0) is 62.7 Å². The van der Waals surface area contributed by atoms with Gasteiger partial charge in [-0.2, -0.15) is 0 Å². The van der Waals surface area contributed by atoms with Crippen molar-refractivity contribution in [1.29, 1.82) is 0 Å². The van der Waals surface area contributed by atoms with Crippen molar-refractivity contribution in [3.63, 3.8) is 0 Å². The third-order valence-corrected chi connectivity index (χ3v) is 9.08. The van der Waals surface area contributed by atoms with Crippen LogP contribution >= 0.6 is 11.3 Å². The van der Waals surface area contributed by atoms with E-state index in [-0.39, 0.29) is 0 Å². The first-order chi connectivity index (χ1) is 16.3. The summed E-state index contributed by atoms with van der Waals surface area (Å²) in [6.45, 7) is 8.31. The Hall–Kier alpha value is -3.06. The molecule has 4 heterocycles. The fraction of sp³-hybridized carbons (Fsp3) is 0.214.